The summed E-state index contributed by atoms with van der Waals surface area (Å²) in [5, 5.41) is 3.26. The van der Waals surface area contributed by atoms with Gasteiger partial charge in [-0.2, -0.15) is 0 Å². The zero-order chi connectivity index (χ0) is 16.4. The largest absolute Gasteiger partial charge is 0.451 e. The van der Waals surface area contributed by atoms with Gasteiger partial charge in [0.2, 0.25) is 0 Å². The molecule has 2 heterocycles. The number of furan rings is 1. The molecule has 23 heavy (non-hydrogen) atoms. The Hall–Kier alpha value is -2.40. The van der Waals surface area contributed by atoms with E-state index < -0.39 is 0 Å². The number of carbonyl (C=O) groups excluding carboxylic acids is 2. The molecule has 0 bridgehead atoms. The Labute approximate surface area is 135 Å². The molecule has 5 nitrogen and oxygen atoms in total. The van der Waals surface area contributed by atoms with Gasteiger partial charge in [0.1, 0.15) is 5.76 Å². The molecule has 0 radical (unpaired) electrons. The van der Waals surface area contributed by atoms with Crippen LogP contribution in [0.3, 0.4) is 0 Å². The Balaban J connectivity index is 1.79. The van der Waals surface area contributed by atoms with E-state index in [0.29, 0.717) is 23.6 Å². The zero-order valence-electron chi connectivity index (χ0n) is 13.3. The van der Waals surface area contributed by atoms with Crippen LogP contribution in [0.2, 0.25) is 0 Å². The zero-order valence-corrected chi connectivity index (χ0v) is 13.3. The number of amides is 1. The number of Topliss-reactive ketones (excluding diaryl/α,β-unsaturated/α-hetero) is 1. The average Bonchev–Trinajstić information content (AvgIpc) is 3.05. The fourth-order valence-electron chi connectivity index (χ4n) is 2.76. The number of hydrogen-bond donors (Lipinski definition) is 1. The number of rotatable bonds is 3. The Bertz CT molecular complexity index is 718. The summed E-state index contributed by atoms with van der Waals surface area (Å²) in [6.45, 7) is 5.84. The standard InChI is InChI=1S/C18H20N2O3/c1-12-11-19-9-10-20(12)18(22)17-8-7-16(23-17)15-5-3-14(4-6-15)13(2)21/h3-8,12,19H,9-11H2,1-2H3/t12-/m1/s1. The molecule has 1 atom stereocenters. The SMILES string of the molecule is CC(=O)c1ccc(-c2ccc(C(=O)N3CCNC[C@H]3C)o2)cc1. The van der Waals surface area contributed by atoms with Gasteiger partial charge in [0.15, 0.2) is 11.5 Å². The minimum absolute atomic E-state index is 0.0274. The van der Waals surface area contributed by atoms with Crippen LogP contribution >= 0.6 is 0 Å². The molecular formula is C18H20N2O3. The average molecular weight is 312 g/mol. The number of hydrogen-bond acceptors (Lipinski definition) is 4. The summed E-state index contributed by atoms with van der Waals surface area (Å²) in [4.78, 5) is 25.7. The Morgan fingerprint density at radius 3 is 2.57 bits per heavy atom. The molecule has 1 N–H and O–H groups in total. The van der Waals surface area contributed by atoms with Crippen LogP contribution < -0.4 is 5.32 Å². The molecule has 1 aliphatic rings. The molecule has 0 saturated carbocycles. The third-order valence-corrected chi connectivity index (χ3v) is 4.15. The minimum atomic E-state index is -0.0781. The van der Waals surface area contributed by atoms with Gasteiger partial charge in [-0.1, -0.05) is 24.3 Å². The molecule has 120 valence electrons. The third kappa shape index (κ3) is 3.19. The van der Waals surface area contributed by atoms with Crippen LogP contribution in [-0.2, 0) is 0 Å². The topological polar surface area (TPSA) is 62.6 Å². The first-order valence-corrected chi connectivity index (χ1v) is 7.79. The highest BCUT2D eigenvalue weighted by Crippen LogP contribution is 2.24. The van der Waals surface area contributed by atoms with E-state index in [1.807, 2.05) is 24.0 Å². The second-order valence-corrected chi connectivity index (χ2v) is 5.85. The lowest BCUT2D eigenvalue weighted by molar-refractivity contribution is 0.0624. The van der Waals surface area contributed by atoms with Crippen molar-refractivity contribution >= 4 is 11.7 Å². The van der Waals surface area contributed by atoms with Crippen molar-refractivity contribution in [2.45, 2.75) is 19.9 Å². The van der Waals surface area contributed by atoms with Gasteiger partial charge in [-0.05, 0) is 26.0 Å². The second kappa shape index (κ2) is 6.38. The van der Waals surface area contributed by atoms with Crippen molar-refractivity contribution in [2.24, 2.45) is 0 Å². The molecule has 1 amide bonds. The molecule has 0 aliphatic carbocycles. The normalized spacial score (nSPS) is 18.0. The molecular weight excluding hydrogens is 292 g/mol. The molecule has 1 aliphatic heterocycles. The molecule has 0 spiro atoms. The Morgan fingerprint density at radius 2 is 1.91 bits per heavy atom. The van der Waals surface area contributed by atoms with Gasteiger partial charge in [-0.15, -0.1) is 0 Å². The van der Waals surface area contributed by atoms with Crippen molar-refractivity contribution in [1.82, 2.24) is 10.2 Å². The lowest BCUT2D eigenvalue weighted by Gasteiger charge is -2.33. The van der Waals surface area contributed by atoms with Gasteiger partial charge in [-0.3, -0.25) is 9.59 Å². The van der Waals surface area contributed by atoms with Gasteiger partial charge in [0.05, 0.1) is 0 Å². The number of nitrogens with one attached hydrogen (secondary N) is 1. The lowest BCUT2D eigenvalue weighted by Crippen LogP contribution is -2.52. The van der Waals surface area contributed by atoms with Crippen molar-refractivity contribution in [3.05, 3.63) is 47.7 Å². The maximum Gasteiger partial charge on any atom is 0.289 e. The van der Waals surface area contributed by atoms with Gasteiger partial charge >= 0.3 is 0 Å². The van der Waals surface area contributed by atoms with Crippen molar-refractivity contribution in [3.63, 3.8) is 0 Å². The van der Waals surface area contributed by atoms with Crippen LogP contribution in [0.4, 0.5) is 0 Å². The lowest BCUT2D eigenvalue weighted by atomic mass is 10.1. The summed E-state index contributed by atoms with van der Waals surface area (Å²) < 4.78 is 5.74. The Morgan fingerprint density at radius 1 is 1.17 bits per heavy atom. The molecule has 0 unspecified atom stereocenters. The van der Waals surface area contributed by atoms with E-state index in [9.17, 15) is 9.59 Å². The highest BCUT2D eigenvalue weighted by atomic mass is 16.4. The number of ketones is 1. The van der Waals surface area contributed by atoms with Crippen LogP contribution in [0.1, 0.15) is 34.8 Å². The van der Waals surface area contributed by atoms with E-state index in [-0.39, 0.29) is 17.7 Å². The van der Waals surface area contributed by atoms with Crippen molar-refractivity contribution in [1.29, 1.82) is 0 Å². The molecule has 1 aromatic carbocycles. The van der Waals surface area contributed by atoms with Crippen molar-refractivity contribution in [2.75, 3.05) is 19.6 Å². The molecule has 5 heteroatoms. The first-order valence-electron chi connectivity index (χ1n) is 7.79. The van der Waals surface area contributed by atoms with E-state index >= 15 is 0 Å². The number of carbonyl (C=O) groups is 2. The predicted octanol–water partition coefficient (Wildman–Crippen LogP) is 2.58. The van der Waals surface area contributed by atoms with E-state index in [0.717, 1.165) is 18.7 Å². The summed E-state index contributed by atoms with van der Waals surface area (Å²) in [7, 11) is 0. The molecule has 1 fully saturated rings. The maximum atomic E-state index is 12.6. The molecule has 2 aromatic rings. The first-order chi connectivity index (χ1) is 11.1. The van der Waals surface area contributed by atoms with Gasteiger partial charge in [-0.25, -0.2) is 0 Å². The summed E-state index contributed by atoms with van der Waals surface area (Å²) >= 11 is 0. The summed E-state index contributed by atoms with van der Waals surface area (Å²) in [5.41, 5.74) is 1.51. The second-order valence-electron chi connectivity index (χ2n) is 5.85. The van der Waals surface area contributed by atoms with Gasteiger partial charge in [0, 0.05) is 36.8 Å². The van der Waals surface area contributed by atoms with E-state index in [1.54, 1.807) is 24.3 Å². The number of benzene rings is 1. The fraction of sp³-hybridized carbons (Fsp3) is 0.333. The number of nitrogens with zero attached hydrogens (tertiary/aromatic N) is 1. The van der Waals surface area contributed by atoms with E-state index in [4.69, 9.17) is 4.42 Å². The van der Waals surface area contributed by atoms with Crippen LogP contribution in [0.25, 0.3) is 11.3 Å². The smallest absolute Gasteiger partial charge is 0.289 e. The molecule has 1 saturated heterocycles. The van der Waals surface area contributed by atoms with Crippen LogP contribution in [0.5, 0.6) is 0 Å². The summed E-state index contributed by atoms with van der Waals surface area (Å²) in [6, 6.07) is 10.8. The quantitative estimate of drug-likeness (QED) is 0.885. The minimum Gasteiger partial charge on any atom is -0.451 e. The summed E-state index contributed by atoms with van der Waals surface area (Å²) in [6.07, 6.45) is 0. The van der Waals surface area contributed by atoms with E-state index in [2.05, 4.69) is 5.32 Å². The van der Waals surface area contributed by atoms with Crippen molar-refractivity contribution in [3.8, 4) is 11.3 Å². The van der Waals surface area contributed by atoms with Crippen molar-refractivity contribution < 1.29 is 14.0 Å². The fourth-order valence-corrected chi connectivity index (χ4v) is 2.76. The van der Waals surface area contributed by atoms with Crippen LogP contribution in [0, 0.1) is 0 Å². The first kappa shape index (κ1) is 15.5. The van der Waals surface area contributed by atoms with Gasteiger partial charge < -0.3 is 14.6 Å². The maximum absolute atomic E-state index is 12.6. The van der Waals surface area contributed by atoms with Gasteiger partial charge in [0.25, 0.3) is 5.91 Å². The van der Waals surface area contributed by atoms with E-state index in [1.165, 1.54) is 6.92 Å². The monoisotopic (exact) mass is 312 g/mol. The Kier molecular flexibility index (Phi) is 4.30. The molecule has 1 aromatic heterocycles. The third-order valence-electron chi connectivity index (χ3n) is 4.15. The highest BCUT2D eigenvalue weighted by molar-refractivity contribution is 5.94. The molecule has 3 rings (SSSR count). The highest BCUT2D eigenvalue weighted by Gasteiger charge is 2.26. The summed E-state index contributed by atoms with van der Waals surface area (Å²) in [5.74, 6) is 0.931. The van der Waals surface area contributed by atoms with Crippen LogP contribution in [0.15, 0.2) is 40.8 Å². The predicted molar refractivity (Wildman–Crippen MR) is 87.5 cm³/mol. The van der Waals surface area contributed by atoms with Crippen LogP contribution in [-0.4, -0.2) is 42.3 Å². The number of piperazine rings is 1.